The van der Waals surface area contributed by atoms with Gasteiger partial charge in [-0.3, -0.25) is 4.79 Å². The molecule has 5 nitrogen and oxygen atoms in total. The van der Waals surface area contributed by atoms with Gasteiger partial charge in [0.1, 0.15) is 12.4 Å². The van der Waals surface area contributed by atoms with E-state index in [1.807, 2.05) is 44.2 Å². The molecule has 1 aromatic carbocycles. The van der Waals surface area contributed by atoms with Crippen LogP contribution in [0.25, 0.3) is 0 Å². The highest BCUT2D eigenvalue weighted by Gasteiger charge is 2.71. The van der Waals surface area contributed by atoms with Crippen molar-refractivity contribution in [3.63, 3.8) is 0 Å². The van der Waals surface area contributed by atoms with Crippen molar-refractivity contribution in [2.45, 2.75) is 111 Å². The molecule has 0 aromatic heterocycles. The van der Waals surface area contributed by atoms with E-state index in [-0.39, 0.29) is 33.9 Å². The smallest absolute Gasteiger partial charge is 0.460 e. The van der Waals surface area contributed by atoms with Gasteiger partial charge in [-0.15, -0.1) is 0 Å². The highest BCUT2D eigenvalue weighted by atomic mass is 32.2. The molecular formula is C35H47F3O5S. The van der Waals surface area contributed by atoms with Crippen LogP contribution in [0.4, 0.5) is 13.2 Å². The number of ether oxygens (including phenoxy) is 1. The Labute approximate surface area is 260 Å². The molecule has 4 saturated carbocycles. The molecular weight excluding hydrogens is 589 g/mol. The zero-order valence-corrected chi connectivity index (χ0v) is 27.5. The molecule has 0 aliphatic heterocycles. The van der Waals surface area contributed by atoms with Gasteiger partial charge in [-0.25, -0.2) is 0 Å². The number of halogens is 3. The second kappa shape index (κ2) is 10.2. The summed E-state index contributed by atoms with van der Waals surface area (Å²) in [6.45, 7) is 11.2. The first-order valence-electron chi connectivity index (χ1n) is 16.3. The Bertz CT molecular complexity index is 1440. The van der Waals surface area contributed by atoms with Crippen molar-refractivity contribution in [3.8, 4) is 0 Å². The minimum Gasteiger partial charge on any atom is -0.460 e. The number of benzene rings is 1. The summed E-state index contributed by atoms with van der Waals surface area (Å²) in [5.74, 6) is 0.900. The number of alkyl halides is 3. The van der Waals surface area contributed by atoms with Crippen molar-refractivity contribution in [2.75, 3.05) is 0 Å². The van der Waals surface area contributed by atoms with E-state index >= 15 is 0 Å². The summed E-state index contributed by atoms with van der Waals surface area (Å²) in [6.07, 6.45) is 10.6. The molecule has 7 unspecified atom stereocenters. The third-order valence-electron chi connectivity index (χ3n) is 14.0. The molecule has 6 rings (SSSR count). The standard InChI is InChI=1S/C35H47F3O5S/c1-30(2)26-15-19-33(5)27(31(26,3)18-16-28(30)43-44(40,41)35(36,37)38)14-13-24-25-12-9-17-34(25,21-20-32(24,33)4)29(39)42-22-23-10-7-6-8-11-23/h6-8,10-11,16,24-27H,9,12-15,17-22H2,1-5H3/t24?,25?,26?,27?,31?,32-,33?,34?/m1/s1. The van der Waals surface area contributed by atoms with Crippen molar-refractivity contribution >= 4 is 16.1 Å². The lowest BCUT2D eigenvalue weighted by atomic mass is 9.33. The van der Waals surface area contributed by atoms with Crippen LogP contribution >= 0.6 is 0 Å². The van der Waals surface area contributed by atoms with Gasteiger partial charge in [0.05, 0.1) is 5.41 Å². The molecule has 0 amide bonds. The number of rotatable bonds is 5. The molecule has 0 radical (unpaired) electrons. The van der Waals surface area contributed by atoms with Crippen molar-refractivity contribution in [1.29, 1.82) is 0 Å². The minimum absolute atomic E-state index is 0.00974. The molecule has 0 spiro atoms. The van der Waals surface area contributed by atoms with Crippen molar-refractivity contribution in [1.82, 2.24) is 0 Å². The molecule has 4 fully saturated rings. The number of carbonyl (C=O) groups excluding carboxylic acids is 1. The molecule has 9 heteroatoms. The van der Waals surface area contributed by atoms with E-state index in [1.54, 1.807) is 6.08 Å². The maximum Gasteiger partial charge on any atom is 0.534 e. The van der Waals surface area contributed by atoms with E-state index in [4.69, 9.17) is 8.92 Å². The zero-order valence-electron chi connectivity index (χ0n) is 26.6. The van der Waals surface area contributed by atoms with Crippen LogP contribution in [0.2, 0.25) is 0 Å². The van der Waals surface area contributed by atoms with Gasteiger partial charge in [-0.05, 0) is 109 Å². The van der Waals surface area contributed by atoms with Gasteiger partial charge in [-0.2, -0.15) is 21.6 Å². The molecule has 0 saturated heterocycles. The van der Waals surface area contributed by atoms with Gasteiger partial charge in [0, 0.05) is 5.41 Å². The summed E-state index contributed by atoms with van der Waals surface area (Å²) < 4.78 is 74.5. The number of carbonyl (C=O) groups is 1. The van der Waals surface area contributed by atoms with E-state index < -0.39 is 26.5 Å². The molecule has 5 aliphatic rings. The number of esters is 1. The first-order valence-corrected chi connectivity index (χ1v) is 17.8. The Morgan fingerprint density at radius 1 is 0.864 bits per heavy atom. The molecule has 8 atom stereocenters. The summed E-state index contributed by atoms with van der Waals surface area (Å²) in [7, 11) is -5.73. The third-order valence-corrected chi connectivity index (χ3v) is 14.9. The fourth-order valence-corrected chi connectivity index (χ4v) is 12.3. The average molecular weight is 637 g/mol. The summed E-state index contributed by atoms with van der Waals surface area (Å²) in [5, 5.41) is 0. The van der Waals surface area contributed by atoms with E-state index in [1.165, 1.54) is 0 Å². The van der Waals surface area contributed by atoms with Crippen LogP contribution in [-0.4, -0.2) is 19.9 Å². The number of hydrogen-bond acceptors (Lipinski definition) is 5. The van der Waals surface area contributed by atoms with Gasteiger partial charge in [0.25, 0.3) is 0 Å². The van der Waals surface area contributed by atoms with Crippen LogP contribution in [0.15, 0.2) is 42.2 Å². The highest BCUT2D eigenvalue weighted by Crippen LogP contribution is 2.76. The summed E-state index contributed by atoms with van der Waals surface area (Å²) in [4.78, 5) is 13.9. The number of hydrogen-bond donors (Lipinski definition) is 0. The van der Waals surface area contributed by atoms with Crippen LogP contribution in [0.5, 0.6) is 0 Å². The van der Waals surface area contributed by atoms with Crippen LogP contribution in [0, 0.1) is 50.7 Å². The Hall–Kier alpha value is -2.03. The molecule has 0 heterocycles. The quantitative estimate of drug-likeness (QED) is 0.183. The Morgan fingerprint density at radius 3 is 2.25 bits per heavy atom. The Morgan fingerprint density at radius 2 is 1.57 bits per heavy atom. The fourth-order valence-electron chi connectivity index (χ4n) is 11.7. The molecule has 0 N–H and O–H groups in total. The summed E-state index contributed by atoms with van der Waals surface area (Å²) in [5.41, 5.74) is -5.95. The maximum atomic E-state index is 13.9. The summed E-state index contributed by atoms with van der Waals surface area (Å²) >= 11 is 0. The molecule has 244 valence electrons. The molecule has 44 heavy (non-hydrogen) atoms. The fraction of sp³-hybridized carbons (Fsp3) is 0.743. The van der Waals surface area contributed by atoms with E-state index in [0.29, 0.717) is 30.8 Å². The van der Waals surface area contributed by atoms with Crippen LogP contribution in [0.3, 0.4) is 0 Å². The van der Waals surface area contributed by atoms with Crippen LogP contribution < -0.4 is 0 Å². The minimum atomic E-state index is -5.73. The van der Waals surface area contributed by atoms with Crippen LogP contribution in [0.1, 0.15) is 104 Å². The lowest BCUT2D eigenvalue weighted by Gasteiger charge is -2.71. The van der Waals surface area contributed by atoms with Crippen molar-refractivity contribution in [2.24, 2.45) is 50.7 Å². The predicted molar refractivity (Wildman–Crippen MR) is 161 cm³/mol. The zero-order chi connectivity index (χ0) is 32.0. The number of fused-ring (bicyclic) bond motifs is 7. The largest absolute Gasteiger partial charge is 0.534 e. The van der Waals surface area contributed by atoms with Gasteiger partial charge >= 0.3 is 21.6 Å². The van der Waals surface area contributed by atoms with E-state index in [0.717, 1.165) is 63.4 Å². The Balaban J connectivity index is 1.27. The normalized spacial score (nSPS) is 41.3. The van der Waals surface area contributed by atoms with Crippen LogP contribution in [-0.2, 0) is 30.4 Å². The lowest BCUT2D eigenvalue weighted by molar-refractivity contribution is -0.229. The monoisotopic (exact) mass is 636 g/mol. The molecule has 5 aliphatic carbocycles. The second-order valence-corrected chi connectivity index (χ2v) is 17.4. The first-order chi connectivity index (χ1) is 20.4. The lowest BCUT2D eigenvalue weighted by Crippen LogP contribution is -2.65. The van der Waals surface area contributed by atoms with Gasteiger partial charge < -0.3 is 8.92 Å². The average Bonchev–Trinajstić information content (AvgIpc) is 3.39. The van der Waals surface area contributed by atoms with E-state index in [2.05, 4.69) is 20.8 Å². The van der Waals surface area contributed by atoms with Gasteiger partial charge in [0.15, 0.2) is 0 Å². The summed E-state index contributed by atoms with van der Waals surface area (Å²) in [6, 6.07) is 9.85. The highest BCUT2D eigenvalue weighted by molar-refractivity contribution is 7.87. The molecule has 1 aromatic rings. The SMILES string of the molecule is CC1(C)C(OS(=O)(=O)C(F)(F)F)=CCC2(C)C1CCC1(C)C2CCC2C3CCCC3(C(=O)OCc3ccccc3)CC[C@]21C. The Kier molecular flexibility index (Phi) is 7.43. The van der Waals surface area contributed by atoms with Crippen molar-refractivity contribution < 1.29 is 35.3 Å². The maximum absolute atomic E-state index is 13.9. The molecule has 0 bridgehead atoms. The second-order valence-electron chi connectivity index (χ2n) is 15.9. The first kappa shape index (κ1) is 31.9. The third kappa shape index (κ3) is 4.44. The van der Waals surface area contributed by atoms with Crippen molar-refractivity contribution in [3.05, 3.63) is 47.7 Å². The number of allylic oxidation sites excluding steroid dienone is 2. The van der Waals surface area contributed by atoms with Gasteiger partial charge in [-0.1, -0.05) is 71.4 Å². The van der Waals surface area contributed by atoms with Gasteiger partial charge in [0.2, 0.25) is 0 Å². The predicted octanol–water partition coefficient (Wildman–Crippen LogP) is 8.95. The topological polar surface area (TPSA) is 69.7 Å². The van der Waals surface area contributed by atoms with E-state index in [9.17, 15) is 26.4 Å².